The van der Waals surface area contributed by atoms with Gasteiger partial charge in [0.1, 0.15) is 5.56 Å². The van der Waals surface area contributed by atoms with Crippen molar-refractivity contribution in [3.63, 3.8) is 0 Å². The largest absolute Gasteiger partial charge is 0.479 e. The molecule has 0 aliphatic carbocycles. The zero-order valence-electron chi connectivity index (χ0n) is 13.0. The molecule has 0 fully saturated rings. The lowest BCUT2D eigenvalue weighted by Crippen LogP contribution is -2.12. The van der Waals surface area contributed by atoms with Crippen LogP contribution in [-0.2, 0) is 7.05 Å². The summed E-state index contributed by atoms with van der Waals surface area (Å²) in [6, 6.07) is 7.57. The summed E-state index contributed by atoms with van der Waals surface area (Å²) in [7, 11) is 3.23. The number of aryl methyl sites for hydroxylation is 2. The van der Waals surface area contributed by atoms with Gasteiger partial charge in [-0.3, -0.25) is 9.48 Å². The first kappa shape index (κ1) is 15.2. The minimum Gasteiger partial charge on any atom is -0.479 e. The molecule has 6 nitrogen and oxygen atoms in total. The van der Waals surface area contributed by atoms with E-state index in [1.54, 1.807) is 29.3 Å². The maximum absolute atomic E-state index is 12.3. The van der Waals surface area contributed by atoms with Crippen molar-refractivity contribution in [2.75, 3.05) is 12.4 Å². The van der Waals surface area contributed by atoms with Crippen LogP contribution < -0.4 is 10.1 Å². The van der Waals surface area contributed by atoms with Gasteiger partial charge in [-0.2, -0.15) is 0 Å². The van der Waals surface area contributed by atoms with Crippen molar-refractivity contribution >= 4 is 22.9 Å². The molecule has 0 radical (unpaired) electrons. The lowest BCUT2D eigenvalue weighted by Gasteiger charge is -2.05. The molecule has 2 heterocycles. The van der Waals surface area contributed by atoms with Gasteiger partial charge in [-0.15, -0.1) is 16.4 Å². The Hall–Kier alpha value is -2.67. The lowest BCUT2D eigenvalue weighted by atomic mass is 10.1. The molecule has 0 aliphatic heterocycles. The van der Waals surface area contributed by atoms with Gasteiger partial charge < -0.3 is 10.1 Å². The Bertz CT molecular complexity index is 836. The normalized spacial score (nSPS) is 10.6. The Kier molecular flexibility index (Phi) is 4.12. The third-order valence-electron chi connectivity index (χ3n) is 3.29. The molecule has 118 valence electrons. The van der Waals surface area contributed by atoms with E-state index < -0.39 is 0 Å². The van der Waals surface area contributed by atoms with Gasteiger partial charge in [0.25, 0.3) is 5.91 Å². The van der Waals surface area contributed by atoms with Crippen molar-refractivity contribution in [1.29, 1.82) is 0 Å². The first-order valence-corrected chi connectivity index (χ1v) is 7.86. The molecule has 23 heavy (non-hydrogen) atoms. The number of nitrogens with zero attached hydrogens (tertiary/aromatic N) is 3. The van der Waals surface area contributed by atoms with Crippen molar-refractivity contribution in [1.82, 2.24) is 14.8 Å². The van der Waals surface area contributed by atoms with Crippen molar-refractivity contribution in [2.24, 2.45) is 7.05 Å². The summed E-state index contributed by atoms with van der Waals surface area (Å²) >= 11 is 1.61. The number of hydrogen-bond acceptors (Lipinski definition) is 5. The van der Waals surface area contributed by atoms with Crippen LogP contribution in [0.5, 0.6) is 5.88 Å². The van der Waals surface area contributed by atoms with Gasteiger partial charge >= 0.3 is 0 Å². The smallest absolute Gasteiger partial charge is 0.262 e. The van der Waals surface area contributed by atoms with Gasteiger partial charge in [-0.1, -0.05) is 12.1 Å². The Morgan fingerprint density at radius 3 is 2.65 bits per heavy atom. The standard InChI is InChI=1S/C16H16N4O2S/c1-10-17-14(9-23-10)11-4-6-12(7-5-11)18-15(21)13-8-20(2)19-16(13)22-3/h4-9H,1-3H3,(H,18,21). The number of carbonyl (C=O) groups excluding carboxylic acids is 1. The van der Waals surface area contributed by atoms with Gasteiger partial charge in [-0.05, 0) is 19.1 Å². The Balaban J connectivity index is 1.76. The molecular weight excluding hydrogens is 312 g/mol. The number of rotatable bonds is 4. The molecule has 7 heteroatoms. The molecule has 0 aliphatic rings. The van der Waals surface area contributed by atoms with Crippen molar-refractivity contribution in [2.45, 2.75) is 6.92 Å². The van der Waals surface area contributed by atoms with Gasteiger partial charge in [0.15, 0.2) is 0 Å². The minimum absolute atomic E-state index is 0.257. The second kappa shape index (κ2) is 6.21. The van der Waals surface area contributed by atoms with Crippen molar-refractivity contribution < 1.29 is 9.53 Å². The monoisotopic (exact) mass is 328 g/mol. The Morgan fingerprint density at radius 2 is 2.04 bits per heavy atom. The van der Waals surface area contributed by atoms with E-state index in [2.05, 4.69) is 15.4 Å². The first-order valence-electron chi connectivity index (χ1n) is 6.98. The van der Waals surface area contributed by atoms with Crippen LogP contribution in [0.1, 0.15) is 15.4 Å². The molecule has 1 amide bonds. The highest BCUT2D eigenvalue weighted by molar-refractivity contribution is 7.09. The van der Waals surface area contributed by atoms with Crippen LogP contribution in [0.3, 0.4) is 0 Å². The Labute approximate surface area is 137 Å². The number of carbonyl (C=O) groups is 1. The van der Waals surface area contributed by atoms with E-state index in [9.17, 15) is 4.79 Å². The van der Waals surface area contributed by atoms with E-state index in [0.29, 0.717) is 17.1 Å². The van der Waals surface area contributed by atoms with Gasteiger partial charge in [0.05, 0.1) is 17.8 Å². The average Bonchev–Trinajstić information content (AvgIpc) is 3.13. The highest BCUT2D eigenvalue weighted by Crippen LogP contribution is 2.24. The molecule has 0 atom stereocenters. The number of nitrogens with one attached hydrogen (secondary N) is 1. The van der Waals surface area contributed by atoms with Crippen molar-refractivity contribution in [3.8, 4) is 17.1 Å². The fourth-order valence-corrected chi connectivity index (χ4v) is 2.82. The van der Waals surface area contributed by atoms with E-state index >= 15 is 0 Å². The number of benzene rings is 1. The number of methoxy groups -OCH3 is 1. The van der Waals surface area contributed by atoms with E-state index in [1.807, 2.05) is 36.6 Å². The fourth-order valence-electron chi connectivity index (χ4n) is 2.19. The maximum atomic E-state index is 12.3. The zero-order chi connectivity index (χ0) is 16.4. The molecule has 0 saturated heterocycles. The molecule has 3 aromatic rings. The second-order valence-electron chi connectivity index (χ2n) is 5.01. The van der Waals surface area contributed by atoms with Crippen LogP contribution >= 0.6 is 11.3 Å². The van der Waals surface area contributed by atoms with Crippen LogP contribution in [0.25, 0.3) is 11.3 Å². The number of ether oxygens (including phenoxy) is 1. The predicted molar refractivity (Wildman–Crippen MR) is 90.0 cm³/mol. The summed E-state index contributed by atoms with van der Waals surface area (Å²) in [6.45, 7) is 1.98. The average molecular weight is 328 g/mol. The summed E-state index contributed by atoms with van der Waals surface area (Å²) < 4.78 is 6.65. The van der Waals surface area contributed by atoms with E-state index in [4.69, 9.17) is 4.74 Å². The number of thiazole rings is 1. The minimum atomic E-state index is -0.257. The lowest BCUT2D eigenvalue weighted by molar-refractivity contribution is 0.102. The van der Waals surface area contributed by atoms with Gasteiger partial charge in [0.2, 0.25) is 5.88 Å². The molecular formula is C16H16N4O2S. The van der Waals surface area contributed by atoms with E-state index in [1.165, 1.54) is 7.11 Å². The maximum Gasteiger partial charge on any atom is 0.262 e. The summed E-state index contributed by atoms with van der Waals surface area (Å²) in [5, 5.41) is 9.96. The summed E-state index contributed by atoms with van der Waals surface area (Å²) in [5.74, 6) is 0.0479. The van der Waals surface area contributed by atoms with E-state index in [0.717, 1.165) is 16.3 Å². The summed E-state index contributed by atoms with van der Waals surface area (Å²) in [6.07, 6.45) is 1.63. The molecule has 3 rings (SSSR count). The molecule has 1 N–H and O–H groups in total. The molecule has 1 aromatic carbocycles. The number of aromatic nitrogens is 3. The summed E-state index contributed by atoms with van der Waals surface area (Å²) in [5.41, 5.74) is 3.07. The molecule has 0 unspecified atom stereocenters. The molecule has 0 spiro atoms. The molecule has 2 aromatic heterocycles. The van der Waals surface area contributed by atoms with Crippen LogP contribution in [0.15, 0.2) is 35.8 Å². The second-order valence-corrected chi connectivity index (χ2v) is 6.07. The number of anilines is 1. The number of hydrogen-bond donors (Lipinski definition) is 1. The van der Waals surface area contributed by atoms with Crippen LogP contribution in [0.2, 0.25) is 0 Å². The SMILES string of the molecule is COc1nn(C)cc1C(=O)Nc1ccc(-c2csc(C)n2)cc1. The summed E-state index contributed by atoms with van der Waals surface area (Å²) in [4.78, 5) is 16.8. The Morgan fingerprint density at radius 1 is 1.30 bits per heavy atom. The van der Waals surface area contributed by atoms with Gasteiger partial charge in [-0.25, -0.2) is 4.98 Å². The van der Waals surface area contributed by atoms with E-state index in [-0.39, 0.29) is 5.91 Å². The third-order valence-corrected chi connectivity index (χ3v) is 4.06. The zero-order valence-corrected chi connectivity index (χ0v) is 13.8. The predicted octanol–water partition coefficient (Wildman–Crippen LogP) is 3.11. The van der Waals surface area contributed by atoms with Crippen LogP contribution in [-0.4, -0.2) is 27.8 Å². The molecule has 0 bridgehead atoms. The highest BCUT2D eigenvalue weighted by atomic mass is 32.1. The molecule has 0 saturated carbocycles. The topological polar surface area (TPSA) is 69.0 Å². The third kappa shape index (κ3) is 3.24. The first-order chi connectivity index (χ1) is 11.1. The van der Waals surface area contributed by atoms with Crippen molar-refractivity contribution in [3.05, 3.63) is 46.4 Å². The van der Waals surface area contributed by atoms with Gasteiger partial charge in [0, 0.05) is 29.9 Å². The van der Waals surface area contributed by atoms with Crippen LogP contribution in [0.4, 0.5) is 5.69 Å². The van der Waals surface area contributed by atoms with Crippen LogP contribution in [0, 0.1) is 6.92 Å². The fraction of sp³-hybridized carbons (Fsp3) is 0.188. The quantitative estimate of drug-likeness (QED) is 0.799. The number of amides is 1. The highest BCUT2D eigenvalue weighted by Gasteiger charge is 2.16.